The Hall–Kier alpha value is -2.09. The first-order valence-electron chi connectivity index (χ1n) is 8.65. The lowest BCUT2D eigenvalue weighted by molar-refractivity contribution is 0.0926. The first kappa shape index (κ1) is 21.2. The van der Waals surface area contributed by atoms with E-state index in [1.54, 1.807) is 42.5 Å². The Kier molecular flexibility index (Phi) is 7.24. The number of amides is 1. The first-order valence-corrected chi connectivity index (χ1v) is 10.1. The molecule has 0 aliphatic carbocycles. The van der Waals surface area contributed by atoms with Crippen molar-refractivity contribution in [1.82, 2.24) is 10.6 Å². The summed E-state index contributed by atoms with van der Waals surface area (Å²) in [5, 5.41) is 6.21. The van der Waals surface area contributed by atoms with E-state index >= 15 is 0 Å². The zero-order chi connectivity index (χ0) is 18.6. The standard InChI is InChI=1S/C19H23N3O3S.ClH/c1-22(16-7-3-2-4-8-16)26(24,25)18-10-6-5-9-17(18)19(23)21-15-11-13-20-14-12-15;/h2-10,15,20H,11-14H2,1H3,(H,21,23);1H. The highest BCUT2D eigenvalue weighted by Gasteiger charge is 2.27. The number of nitrogens with one attached hydrogen (secondary N) is 2. The van der Waals surface area contributed by atoms with Crippen LogP contribution in [0.3, 0.4) is 0 Å². The lowest BCUT2D eigenvalue weighted by atomic mass is 10.1. The molecule has 2 aromatic rings. The van der Waals surface area contributed by atoms with Crippen molar-refractivity contribution < 1.29 is 13.2 Å². The molecule has 1 amide bonds. The number of sulfonamides is 1. The molecule has 27 heavy (non-hydrogen) atoms. The molecule has 2 aromatic carbocycles. The summed E-state index contributed by atoms with van der Waals surface area (Å²) in [6.07, 6.45) is 1.68. The zero-order valence-corrected chi connectivity index (χ0v) is 16.7. The van der Waals surface area contributed by atoms with Crippen molar-refractivity contribution in [3.8, 4) is 0 Å². The number of para-hydroxylation sites is 1. The number of halogens is 1. The number of anilines is 1. The maximum absolute atomic E-state index is 13.1. The average molecular weight is 410 g/mol. The van der Waals surface area contributed by atoms with Crippen molar-refractivity contribution in [3.05, 3.63) is 60.2 Å². The van der Waals surface area contributed by atoms with Crippen LogP contribution in [-0.2, 0) is 10.0 Å². The van der Waals surface area contributed by atoms with Crippen LogP contribution in [0.2, 0.25) is 0 Å². The molecule has 0 atom stereocenters. The smallest absolute Gasteiger partial charge is 0.264 e. The van der Waals surface area contributed by atoms with Crippen LogP contribution < -0.4 is 14.9 Å². The summed E-state index contributed by atoms with van der Waals surface area (Å²) >= 11 is 0. The van der Waals surface area contributed by atoms with E-state index in [1.165, 1.54) is 17.4 Å². The Balaban J connectivity index is 0.00000261. The summed E-state index contributed by atoms with van der Waals surface area (Å²) in [6, 6.07) is 15.2. The molecule has 0 saturated carbocycles. The highest BCUT2D eigenvalue weighted by Crippen LogP contribution is 2.24. The van der Waals surface area contributed by atoms with Gasteiger partial charge in [0.15, 0.2) is 0 Å². The number of carbonyl (C=O) groups excluding carboxylic acids is 1. The minimum atomic E-state index is -3.85. The minimum absolute atomic E-state index is 0. The minimum Gasteiger partial charge on any atom is -0.349 e. The normalized spacial score (nSPS) is 14.9. The van der Waals surface area contributed by atoms with Crippen molar-refractivity contribution >= 4 is 34.0 Å². The van der Waals surface area contributed by atoms with Crippen molar-refractivity contribution in [1.29, 1.82) is 0 Å². The van der Waals surface area contributed by atoms with Gasteiger partial charge in [0, 0.05) is 13.1 Å². The third-order valence-electron chi connectivity index (χ3n) is 4.56. The highest BCUT2D eigenvalue weighted by atomic mass is 35.5. The first-order chi connectivity index (χ1) is 12.5. The van der Waals surface area contributed by atoms with E-state index in [9.17, 15) is 13.2 Å². The highest BCUT2D eigenvalue weighted by molar-refractivity contribution is 7.92. The molecule has 8 heteroatoms. The van der Waals surface area contributed by atoms with Gasteiger partial charge in [0.1, 0.15) is 4.90 Å². The molecule has 6 nitrogen and oxygen atoms in total. The number of rotatable bonds is 5. The molecule has 1 aliphatic rings. The molecule has 0 aromatic heterocycles. The molecule has 0 spiro atoms. The second kappa shape index (κ2) is 9.21. The van der Waals surface area contributed by atoms with E-state index in [1.807, 2.05) is 6.07 Å². The summed E-state index contributed by atoms with van der Waals surface area (Å²) in [7, 11) is -2.36. The molecule has 2 N–H and O–H groups in total. The zero-order valence-electron chi connectivity index (χ0n) is 15.1. The average Bonchev–Trinajstić information content (AvgIpc) is 2.69. The Morgan fingerprint density at radius 3 is 2.30 bits per heavy atom. The van der Waals surface area contributed by atoms with Gasteiger partial charge in [-0.25, -0.2) is 8.42 Å². The van der Waals surface area contributed by atoms with Crippen LogP contribution in [0, 0.1) is 0 Å². The third kappa shape index (κ3) is 4.80. The third-order valence-corrected chi connectivity index (χ3v) is 6.41. The van der Waals surface area contributed by atoms with Gasteiger partial charge in [-0.2, -0.15) is 0 Å². The fourth-order valence-electron chi connectivity index (χ4n) is 3.03. The number of hydrogen-bond acceptors (Lipinski definition) is 4. The van der Waals surface area contributed by atoms with Gasteiger partial charge in [0.25, 0.3) is 15.9 Å². The summed E-state index contributed by atoms with van der Waals surface area (Å²) in [6.45, 7) is 1.70. The van der Waals surface area contributed by atoms with Crippen molar-refractivity contribution in [2.75, 3.05) is 24.4 Å². The molecule has 0 bridgehead atoms. The van der Waals surface area contributed by atoms with Crippen LogP contribution in [0.1, 0.15) is 23.2 Å². The van der Waals surface area contributed by atoms with Gasteiger partial charge in [0.05, 0.1) is 11.3 Å². The van der Waals surface area contributed by atoms with Crippen LogP contribution in [0.15, 0.2) is 59.5 Å². The van der Waals surface area contributed by atoms with Crippen LogP contribution in [0.25, 0.3) is 0 Å². The maximum atomic E-state index is 13.1. The Bertz CT molecular complexity index is 869. The van der Waals surface area contributed by atoms with E-state index in [2.05, 4.69) is 10.6 Å². The predicted molar refractivity (Wildman–Crippen MR) is 109 cm³/mol. The molecule has 0 unspecified atom stereocenters. The second-order valence-corrected chi connectivity index (χ2v) is 8.24. The SMILES string of the molecule is CN(c1ccccc1)S(=O)(=O)c1ccccc1C(=O)NC1CCNCC1.Cl. The summed E-state index contributed by atoms with van der Waals surface area (Å²) < 4.78 is 27.4. The number of hydrogen-bond donors (Lipinski definition) is 2. The molecular weight excluding hydrogens is 386 g/mol. The van der Waals surface area contributed by atoms with Crippen LogP contribution in [0.4, 0.5) is 5.69 Å². The molecule has 3 rings (SSSR count). The molecule has 1 aliphatic heterocycles. The number of nitrogens with zero attached hydrogens (tertiary/aromatic N) is 1. The molecular formula is C19H24ClN3O3S. The predicted octanol–water partition coefficient (Wildman–Crippen LogP) is 2.42. The fraction of sp³-hybridized carbons (Fsp3) is 0.316. The summed E-state index contributed by atoms with van der Waals surface area (Å²) in [4.78, 5) is 12.7. The van der Waals surface area contributed by atoms with Gasteiger partial charge in [-0.15, -0.1) is 12.4 Å². The fourth-order valence-corrected chi connectivity index (χ4v) is 4.42. The van der Waals surface area contributed by atoms with E-state index < -0.39 is 10.0 Å². The van der Waals surface area contributed by atoms with Crippen LogP contribution >= 0.6 is 12.4 Å². The largest absolute Gasteiger partial charge is 0.349 e. The quantitative estimate of drug-likeness (QED) is 0.794. The van der Waals surface area contributed by atoms with Crippen molar-refractivity contribution in [2.45, 2.75) is 23.8 Å². The molecule has 146 valence electrons. The van der Waals surface area contributed by atoms with Gasteiger partial charge in [-0.3, -0.25) is 9.10 Å². The Labute approximate surface area is 166 Å². The maximum Gasteiger partial charge on any atom is 0.264 e. The lowest BCUT2D eigenvalue weighted by Crippen LogP contribution is -2.43. The van der Waals surface area contributed by atoms with Gasteiger partial charge in [-0.05, 0) is 50.2 Å². The van der Waals surface area contributed by atoms with Crippen LogP contribution in [0.5, 0.6) is 0 Å². The number of carbonyl (C=O) groups is 1. The molecule has 1 heterocycles. The van der Waals surface area contributed by atoms with E-state index in [4.69, 9.17) is 0 Å². The Morgan fingerprint density at radius 2 is 1.63 bits per heavy atom. The summed E-state index contributed by atoms with van der Waals surface area (Å²) in [5.41, 5.74) is 0.717. The van der Waals surface area contributed by atoms with Gasteiger partial charge >= 0.3 is 0 Å². The topological polar surface area (TPSA) is 78.5 Å². The van der Waals surface area contributed by atoms with Crippen molar-refractivity contribution in [2.24, 2.45) is 0 Å². The Morgan fingerprint density at radius 1 is 1.04 bits per heavy atom. The van der Waals surface area contributed by atoms with E-state index in [-0.39, 0.29) is 34.8 Å². The van der Waals surface area contributed by atoms with E-state index in [0.717, 1.165) is 25.9 Å². The molecule has 1 saturated heterocycles. The number of piperidine rings is 1. The summed E-state index contributed by atoms with van der Waals surface area (Å²) in [5.74, 6) is -0.350. The monoisotopic (exact) mass is 409 g/mol. The lowest BCUT2D eigenvalue weighted by Gasteiger charge is -2.25. The second-order valence-electron chi connectivity index (χ2n) is 6.30. The molecule has 1 fully saturated rings. The molecule has 0 radical (unpaired) electrons. The number of benzene rings is 2. The van der Waals surface area contributed by atoms with E-state index in [0.29, 0.717) is 5.69 Å². The van der Waals surface area contributed by atoms with Gasteiger partial charge in [0.2, 0.25) is 0 Å². The van der Waals surface area contributed by atoms with Crippen LogP contribution in [-0.4, -0.2) is 40.5 Å². The van der Waals surface area contributed by atoms with Gasteiger partial charge < -0.3 is 10.6 Å². The van der Waals surface area contributed by atoms with Gasteiger partial charge in [-0.1, -0.05) is 30.3 Å². The van der Waals surface area contributed by atoms with Crippen molar-refractivity contribution in [3.63, 3.8) is 0 Å².